The van der Waals surface area contributed by atoms with Crippen LogP contribution in [0.3, 0.4) is 0 Å². The molecule has 1 heterocycles. The highest BCUT2D eigenvalue weighted by atomic mass is 16.4. The van der Waals surface area contributed by atoms with Crippen LogP contribution in [0.25, 0.3) is 0 Å². The van der Waals surface area contributed by atoms with Gasteiger partial charge in [0, 0.05) is 24.9 Å². The largest absolute Gasteiger partial charge is 0.480 e. The Balaban J connectivity index is 2.61. The van der Waals surface area contributed by atoms with E-state index >= 15 is 0 Å². The Morgan fingerprint density at radius 3 is 2.61 bits per heavy atom. The van der Waals surface area contributed by atoms with E-state index in [1.807, 2.05) is 18.4 Å². The monoisotopic (exact) mass is 253 g/mol. The summed E-state index contributed by atoms with van der Waals surface area (Å²) in [7, 11) is 0. The first-order valence-corrected chi connectivity index (χ1v) is 5.78. The summed E-state index contributed by atoms with van der Waals surface area (Å²) in [5, 5.41) is 11.4. The highest BCUT2D eigenvalue weighted by Crippen LogP contribution is 2.13. The molecule has 6 heteroatoms. The molecule has 6 nitrogen and oxygen atoms in total. The number of carbonyl (C=O) groups is 2. The van der Waals surface area contributed by atoms with Crippen LogP contribution in [-0.2, 0) is 9.59 Å². The second-order valence-corrected chi connectivity index (χ2v) is 4.91. The number of hydrogen-bond acceptors (Lipinski definition) is 3. The number of imidazole rings is 1. The Kier molecular flexibility index (Phi) is 4.11. The fourth-order valence-corrected chi connectivity index (χ4v) is 1.67. The molecule has 0 saturated carbocycles. The summed E-state index contributed by atoms with van der Waals surface area (Å²) in [6.07, 6.45) is 3.69. The molecule has 2 N–H and O–H groups in total. The van der Waals surface area contributed by atoms with Gasteiger partial charge in [-0.2, -0.15) is 0 Å². The second kappa shape index (κ2) is 5.20. The van der Waals surface area contributed by atoms with Crippen LogP contribution in [0.5, 0.6) is 0 Å². The van der Waals surface area contributed by atoms with E-state index in [1.165, 1.54) is 13.8 Å². The Morgan fingerprint density at radius 2 is 2.17 bits per heavy atom. The highest BCUT2D eigenvalue weighted by Gasteiger charge is 2.29. The van der Waals surface area contributed by atoms with Crippen molar-refractivity contribution in [3.63, 3.8) is 0 Å². The van der Waals surface area contributed by atoms with Gasteiger partial charge in [0.15, 0.2) is 0 Å². The molecule has 100 valence electrons. The number of nitrogens with zero attached hydrogens (tertiary/aromatic N) is 2. The number of aryl methyl sites for hydroxylation is 1. The zero-order valence-electron chi connectivity index (χ0n) is 11.1. The van der Waals surface area contributed by atoms with Gasteiger partial charge in [0.25, 0.3) is 0 Å². The van der Waals surface area contributed by atoms with Gasteiger partial charge in [-0.3, -0.25) is 4.79 Å². The maximum atomic E-state index is 11.8. The number of aromatic nitrogens is 2. The van der Waals surface area contributed by atoms with Crippen molar-refractivity contribution < 1.29 is 14.7 Å². The van der Waals surface area contributed by atoms with Gasteiger partial charge in [-0.25, -0.2) is 9.78 Å². The minimum atomic E-state index is -1.25. The van der Waals surface area contributed by atoms with Crippen LogP contribution in [0, 0.1) is 6.92 Å². The second-order valence-electron chi connectivity index (χ2n) is 4.91. The van der Waals surface area contributed by atoms with Gasteiger partial charge in [0.05, 0.1) is 0 Å². The van der Waals surface area contributed by atoms with Gasteiger partial charge < -0.3 is 15.0 Å². The standard InChI is InChI=1S/C12H19N3O3/c1-8(15-6-5-13-9(15)2)7-10(16)14-12(3,4)11(17)18/h5-6,8H,7H2,1-4H3,(H,14,16)(H,17,18). The minimum Gasteiger partial charge on any atom is -0.480 e. The summed E-state index contributed by atoms with van der Waals surface area (Å²) < 4.78 is 1.88. The maximum Gasteiger partial charge on any atom is 0.328 e. The van der Waals surface area contributed by atoms with Crippen molar-refractivity contribution in [3.8, 4) is 0 Å². The molecule has 0 aliphatic heterocycles. The summed E-state index contributed by atoms with van der Waals surface area (Å²) in [6, 6.07) is -0.0582. The molecule has 0 radical (unpaired) electrons. The molecule has 0 aliphatic carbocycles. The lowest BCUT2D eigenvalue weighted by Gasteiger charge is -2.22. The third kappa shape index (κ3) is 3.32. The maximum absolute atomic E-state index is 11.8. The van der Waals surface area contributed by atoms with Crippen molar-refractivity contribution in [2.45, 2.75) is 45.7 Å². The molecule has 1 aromatic heterocycles. The molecule has 0 spiro atoms. The molecule has 1 atom stereocenters. The third-order valence-electron chi connectivity index (χ3n) is 2.80. The summed E-state index contributed by atoms with van der Waals surface area (Å²) in [5.74, 6) is -0.516. The van der Waals surface area contributed by atoms with Crippen molar-refractivity contribution >= 4 is 11.9 Å². The van der Waals surface area contributed by atoms with Crippen LogP contribution >= 0.6 is 0 Å². The molecule has 18 heavy (non-hydrogen) atoms. The number of carbonyl (C=O) groups excluding carboxylic acids is 1. The molecular weight excluding hydrogens is 234 g/mol. The molecule has 1 aromatic rings. The van der Waals surface area contributed by atoms with Crippen molar-refractivity contribution in [1.29, 1.82) is 0 Å². The molecule has 0 fully saturated rings. The Bertz CT molecular complexity index is 451. The lowest BCUT2D eigenvalue weighted by molar-refractivity contribution is -0.146. The quantitative estimate of drug-likeness (QED) is 0.823. The zero-order chi connectivity index (χ0) is 13.9. The molecule has 1 rings (SSSR count). The van der Waals surface area contributed by atoms with E-state index in [0.717, 1.165) is 5.82 Å². The summed E-state index contributed by atoms with van der Waals surface area (Å²) in [5.41, 5.74) is -1.25. The number of aliphatic carboxylic acids is 1. The normalized spacial score (nSPS) is 13.1. The Labute approximate surface area is 106 Å². The number of amides is 1. The van der Waals surface area contributed by atoms with Crippen LogP contribution in [-0.4, -0.2) is 32.1 Å². The first kappa shape index (κ1) is 14.2. The van der Waals surface area contributed by atoms with E-state index in [4.69, 9.17) is 5.11 Å². The van der Waals surface area contributed by atoms with E-state index < -0.39 is 11.5 Å². The van der Waals surface area contributed by atoms with Gasteiger partial charge >= 0.3 is 5.97 Å². The lowest BCUT2D eigenvalue weighted by Crippen LogP contribution is -2.50. The molecule has 0 aliphatic rings. The minimum absolute atomic E-state index is 0.0582. The predicted molar refractivity (Wildman–Crippen MR) is 66.1 cm³/mol. The number of carboxylic acid groups (broad SMARTS) is 1. The molecule has 1 amide bonds. The first-order valence-electron chi connectivity index (χ1n) is 5.78. The van der Waals surface area contributed by atoms with Gasteiger partial charge in [-0.15, -0.1) is 0 Å². The zero-order valence-corrected chi connectivity index (χ0v) is 11.1. The first-order chi connectivity index (χ1) is 8.24. The molecule has 0 bridgehead atoms. The topological polar surface area (TPSA) is 84.2 Å². The van der Waals surface area contributed by atoms with Gasteiger partial charge in [-0.05, 0) is 27.7 Å². The van der Waals surface area contributed by atoms with Crippen molar-refractivity contribution in [1.82, 2.24) is 14.9 Å². The number of nitrogens with one attached hydrogen (secondary N) is 1. The van der Waals surface area contributed by atoms with E-state index in [0.29, 0.717) is 0 Å². The van der Waals surface area contributed by atoms with E-state index in [-0.39, 0.29) is 18.4 Å². The SMILES string of the molecule is Cc1nccn1C(C)CC(=O)NC(C)(C)C(=O)O. The van der Waals surface area contributed by atoms with Crippen LogP contribution in [0.4, 0.5) is 0 Å². The van der Waals surface area contributed by atoms with Crippen LogP contribution in [0.1, 0.15) is 39.1 Å². The van der Waals surface area contributed by atoms with Crippen LogP contribution in [0.2, 0.25) is 0 Å². The van der Waals surface area contributed by atoms with Crippen LogP contribution in [0.15, 0.2) is 12.4 Å². The smallest absolute Gasteiger partial charge is 0.328 e. The van der Waals surface area contributed by atoms with Gasteiger partial charge in [0.1, 0.15) is 11.4 Å². The van der Waals surface area contributed by atoms with Crippen molar-refractivity contribution in [3.05, 3.63) is 18.2 Å². The van der Waals surface area contributed by atoms with Crippen molar-refractivity contribution in [2.24, 2.45) is 0 Å². The molecule has 0 aromatic carbocycles. The van der Waals surface area contributed by atoms with Crippen molar-refractivity contribution in [2.75, 3.05) is 0 Å². The van der Waals surface area contributed by atoms with Crippen LogP contribution < -0.4 is 5.32 Å². The Morgan fingerprint density at radius 1 is 1.56 bits per heavy atom. The molecular formula is C12H19N3O3. The summed E-state index contributed by atoms with van der Waals surface area (Å²) >= 11 is 0. The van der Waals surface area contributed by atoms with Gasteiger partial charge in [0.2, 0.25) is 5.91 Å². The fraction of sp³-hybridized carbons (Fsp3) is 0.583. The summed E-state index contributed by atoms with van der Waals surface area (Å²) in [6.45, 7) is 6.67. The predicted octanol–water partition coefficient (Wildman–Crippen LogP) is 1.12. The average molecular weight is 253 g/mol. The lowest BCUT2D eigenvalue weighted by atomic mass is 10.1. The van der Waals surface area contributed by atoms with Gasteiger partial charge in [-0.1, -0.05) is 0 Å². The number of rotatable bonds is 5. The molecule has 1 unspecified atom stereocenters. The highest BCUT2D eigenvalue weighted by molar-refractivity contribution is 5.86. The Hall–Kier alpha value is -1.85. The number of carboxylic acids is 1. The fourth-order valence-electron chi connectivity index (χ4n) is 1.67. The molecule has 0 saturated heterocycles. The average Bonchev–Trinajstić information content (AvgIpc) is 2.62. The number of hydrogen-bond donors (Lipinski definition) is 2. The van der Waals surface area contributed by atoms with E-state index in [9.17, 15) is 9.59 Å². The third-order valence-corrected chi connectivity index (χ3v) is 2.80. The van der Waals surface area contributed by atoms with E-state index in [1.54, 1.807) is 12.4 Å². The van der Waals surface area contributed by atoms with E-state index in [2.05, 4.69) is 10.3 Å². The summed E-state index contributed by atoms with van der Waals surface area (Å²) in [4.78, 5) is 26.8.